The number of amides is 1. The summed E-state index contributed by atoms with van der Waals surface area (Å²) in [6.45, 7) is 6.46. The van der Waals surface area contributed by atoms with Crippen molar-refractivity contribution < 1.29 is 4.79 Å². The average Bonchev–Trinajstić information content (AvgIpc) is 3.12. The Kier molecular flexibility index (Phi) is 8.30. The molecule has 6 heteroatoms. The fourth-order valence-corrected chi connectivity index (χ4v) is 6.02. The maximum absolute atomic E-state index is 13.3. The van der Waals surface area contributed by atoms with Crippen LogP contribution in [0.2, 0.25) is 0 Å². The fourth-order valence-electron chi connectivity index (χ4n) is 6.02. The van der Waals surface area contributed by atoms with Gasteiger partial charge in [0.15, 0.2) is 0 Å². The van der Waals surface area contributed by atoms with Crippen LogP contribution in [0.15, 0.2) is 64.0 Å². The first-order valence-corrected chi connectivity index (χ1v) is 14.6. The number of fused-ring (bicyclic) bond motifs is 2. The van der Waals surface area contributed by atoms with Crippen LogP contribution < -0.4 is 11.3 Å². The highest BCUT2D eigenvalue weighted by atomic mass is 16.2. The van der Waals surface area contributed by atoms with E-state index in [0.29, 0.717) is 23.7 Å². The van der Waals surface area contributed by atoms with E-state index in [-0.39, 0.29) is 11.5 Å². The van der Waals surface area contributed by atoms with Crippen molar-refractivity contribution in [1.82, 2.24) is 9.47 Å². The van der Waals surface area contributed by atoms with Crippen molar-refractivity contribution in [2.75, 3.05) is 13.1 Å². The highest BCUT2D eigenvalue weighted by Crippen LogP contribution is 2.33. The van der Waals surface area contributed by atoms with Crippen LogP contribution in [-0.2, 0) is 11.3 Å². The van der Waals surface area contributed by atoms with Crippen molar-refractivity contribution in [1.29, 1.82) is 0 Å². The first kappa shape index (κ1) is 26.9. The summed E-state index contributed by atoms with van der Waals surface area (Å²) in [4.78, 5) is 33.1. The molecule has 2 heterocycles. The molecule has 2 aromatic carbocycles. The summed E-state index contributed by atoms with van der Waals surface area (Å²) < 4.78 is 1.89. The lowest BCUT2D eigenvalue weighted by molar-refractivity contribution is -0.127. The number of amidine groups is 1. The first-order chi connectivity index (χ1) is 19.0. The third-order valence-electron chi connectivity index (χ3n) is 8.03. The normalized spacial score (nSPS) is 15.8. The fraction of sp³-hybridized carbons (Fsp3) is 0.424. The Labute approximate surface area is 231 Å². The molecule has 1 saturated carbocycles. The van der Waals surface area contributed by atoms with E-state index in [2.05, 4.69) is 37.0 Å². The summed E-state index contributed by atoms with van der Waals surface area (Å²) in [6.07, 6.45) is 12.4. The minimum Gasteiger partial charge on any atom is -0.387 e. The molecule has 0 atom stereocenters. The molecule has 1 aliphatic carbocycles. The van der Waals surface area contributed by atoms with Gasteiger partial charge < -0.3 is 15.2 Å². The maximum atomic E-state index is 13.3. The molecule has 0 bridgehead atoms. The second-order valence-corrected chi connectivity index (χ2v) is 11.1. The summed E-state index contributed by atoms with van der Waals surface area (Å²) in [5.74, 6) is 1.08. The molecule has 3 aromatic rings. The van der Waals surface area contributed by atoms with Gasteiger partial charge in [0.1, 0.15) is 5.84 Å². The summed E-state index contributed by atoms with van der Waals surface area (Å²) in [6, 6.07) is 14.2. The van der Waals surface area contributed by atoms with Crippen LogP contribution in [0.3, 0.4) is 0 Å². The molecular formula is C33H40N4O2. The standard InChI is InChI=1S/C33H40N4O2/c1-3-15-36(16-4-2)32(38)28-19-27-11-10-25(20-30(27)35-31(34)21-28)24-12-13-29-26(18-24)14-17-37(33(29)39)22-23-8-6-5-7-9-23/h10-14,17-20,23H,3-9,15-16,21-22H2,1-2H3,(H2,34,35). The van der Waals surface area contributed by atoms with Crippen molar-refractivity contribution in [2.24, 2.45) is 16.6 Å². The quantitative estimate of drug-likeness (QED) is 0.357. The van der Waals surface area contributed by atoms with Crippen molar-refractivity contribution in [2.45, 2.75) is 71.8 Å². The highest BCUT2D eigenvalue weighted by molar-refractivity contribution is 6.05. The van der Waals surface area contributed by atoms with Gasteiger partial charge in [0.25, 0.3) is 5.56 Å². The Morgan fingerprint density at radius 1 is 1.00 bits per heavy atom. The number of benzene rings is 2. The SMILES string of the molecule is CCCN(CCC)C(=O)C1=Cc2ccc(-c3ccc4c(=O)n(CC5CCCCC5)ccc4c3)cc2N=C(N)C1. The summed E-state index contributed by atoms with van der Waals surface area (Å²) in [5, 5.41) is 1.69. The van der Waals surface area contributed by atoms with Gasteiger partial charge in [-0.15, -0.1) is 0 Å². The van der Waals surface area contributed by atoms with Crippen LogP contribution in [0.4, 0.5) is 5.69 Å². The van der Waals surface area contributed by atoms with Crippen LogP contribution in [-0.4, -0.2) is 34.3 Å². The zero-order valence-electron chi connectivity index (χ0n) is 23.3. The van der Waals surface area contributed by atoms with Crippen molar-refractivity contribution in [3.8, 4) is 11.1 Å². The number of pyridine rings is 1. The minimum absolute atomic E-state index is 0.0393. The van der Waals surface area contributed by atoms with Gasteiger partial charge in [0, 0.05) is 48.8 Å². The Morgan fingerprint density at radius 3 is 2.46 bits per heavy atom. The number of rotatable bonds is 8. The van der Waals surface area contributed by atoms with Crippen LogP contribution in [0.1, 0.15) is 70.8 Å². The second-order valence-electron chi connectivity index (χ2n) is 11.1. The predicted octanol–water partition coefficient (Wildman–Crippen LogP) is 6.67. The first-order valence-electron chi connectivity index (χ1n) is 14.6. The lowest BCUT2D eigenvalue weighted by Gasteiger charge is -2.22. The molecule has 0 unspecified atom stereocenters. The molecule has 0 saturated heterocycles. The smallest absolute Gasteiger partial charge is 0.258 e. The van der Waals surface area contributed by atoms with Crippen molar-refractivity contribution in [3.05, 3.63) is 70.2 Å². The van der Waals surface area contributed by atoms with Gasteiger partial charge in [-0.2, -0.15) is 0 Å². The predicted molar refractivity (Wildman–Crippen MR) is 161 cm³/mol. The van der Waals surface area contributed by atoms with Gasteiger partial charge in [0.2, 0.25) is 5.91 Å². The van der Waals surface area contributed by atoms with Gasteiger partial charge in [0.05, 0.1) is 5.69 Å². The Hall–Kier alpha value is -3.67. The summed E-state index contributed by atoms with van der Waals surface area (Å²) in [7, 11) is 0. The molecular weight excluding hydrogens is 484 g/mol. The van der Waals surface area contributed by atoms with Gasteiger partial charge in [-0.1, -0.05) is 51.3 Å². The van der Waals surface area contributed by atoms with E-state index in [9.17, 15) is 9.59 Å². The van der Waals surface area contributed by atoms with Crippen LogP contribution in [0, 0.1) is 5.92 Å². The van der Waals surface area contributed by atoms with E-state index in [1.54, 1.807) is 0 Å². The molecule has 2 N–H and O–H groups in total. The number of aliphatic imine (C=N–C) groups is 1. The molecule has 1 aromatic heterocycles. The Balaban J connectivity index is 1.43. The molecule has 0 spiro atoms. The Morgan fingerprint density at radius 2 is 1.72 bits per heavy atom. The maximum Gasteiger partial charge on any atom is 0.258 e. The number of nitrogens with two attached hydrogens (primary N) is 1. The van der Waals surface area contributed by atoms with Crippen LogP contribution in [0.25, 0.3) is 28.0 Å². The second kappa shape index (κ2) is 12.0. The number of hydrogen-bond acceptors (Lipinski definition) is 4. The van der Waals surface area contributed by atoms with E-state index < -0.39 is 0 Å². The molecule has 2 aliphatic rings. The third-order valence-corrected chi connectivity index (χ3v) is 8.03. The minimum atomic E-state index is 0.0393. The summed E-state index contributed by atoms with van der Waals surface area (Å²) in [5.41, 5.74) is 10.7. The van der Waals surface area contributed by atoms with E-state index in [0.717, 1.165) is 65.6 Å². The highest BCUT2D eigenvalue weighted by Gasteiger charge is 2.21. The average molecular weight is 525 g/mol. The van der Waals surface area contributed by atoms with Crippen LogP contribution in [0.5, 0.6) is 0 Å². The molecule has 6 nitrogen and oxygen atoms in total. The van der Waals surface area contributed by atoms with Crippen LogP contribution >= 0.6 is 0 Å². The lowest BCUT2D eigenvalue weighted by Crippen LogP contribution is -2.34. The molecule has 1 amide bonds. The number of carbonyl (C=O) groups excluding carboxylic acids is 1. The summed E-state index contributed by atoms with van der Waals surface area (Å²) >= 11 is 0. The zero-order valence-corrected chi connectivity index (χ0v) is 23.3. The molecule has 1 fully saturated rings. The van der Waals surface area contributed by atoms with Crippen molar-refractivity contribution in [3.63, 3.8) is 0 Å². The molecule has 39 heavy (non-hydrogen) atoms. The van der Waals surface area contributed by atoms with Gasteiger partial charge in [-0.05, 0) is 78.5 Å². The van der Waals surface area contributed by atoms with E-state index in [1.165, 1.54) is 32.1 Å². The number of nitrogens with zero attached hydrogens (tertiary/aromatic N) is 3. The van der Waals surface area contributed by atoms with Gasteiger partial charge >= 0.3 is 0 Å². The largest absolute Gasteiger partial charge is 0.387 e. The number of carbonyl (C=O) groups is 1. The molecule has 204 valence electrons. The Bertz CT molecular complexity index is 1470. The zero-order chi connectivity index (χ0) is 27.4. The van der Waals surface area contributed by atoms with Gasteiger partial charge in [-0.25, -0.2) is 4.99 Å². The molecule has 1 aliphatic heterocycles. The molecule has 5 rings (SSSR count). The number of aromatic nitrogens is 1. The van der Waals surface area contributed by atoms with E-state index >= 15 is 0 Å². The van der Waals surface area contributed by atoms with E-state index in [1.807, 2.05) is 46.0 Å². The molecule has 0 radical (unpaired) electrons. The van der Waals surface area contributed by atoms with Crippen molar-refractivity contribution >= 4 is 34.3 Å². The third kappa shape index (κ3) is 6.00. The van der Waals surface area contributed by atoms with E-state index in [4.69, 9.17) is 5.73 Å². The topological polar surface area (TPSA) is 80.7 Å². The number of hydrogen-bond donors (Lipinski definition) is 1. The monoisotopic (exact) mass is 524 g/mol. The lowest BCUT2D eigenvalue weighted by atomic mass is 9.89. The van der Waals surface area contributed by atoms with Gasteiger partial charge in [-0.3, -0.25) is 9.59 Å².